The molecule has 0 saturated heterocycles. The molecule has 0 aliphatic rings. The van der Waals surface area contributed by atoms with E-state index >= 15 is 0 Å². The molecule has 1 atom stereocenters. The molecule has 3 rings (SSSR count). The van der Waals surface area contributed by atoms with E-state index in [1.54, 1.807) is 11.1 Å². The molecular weight excluding hydrogens is 488 g/mol. The van der Waals surface area contributed by atoms with Crippen molar-refractivity contribution in [1.29, 1.82) is 0 Å². The summed E-state index contributed by atoms with van der Waals surface area (Å²) in [5, 5.41) is 0. The number of hydrogen-bond acceptors (Lipinski definition) is 4. The summed E-state index contributed by atoms with van der Waals surface area (Å²) >= 11 is 0. The van der Waals surface area contributed by atoms with Crippen LogP contribution in [-0.4, -0.2) is 41.5 Å². The number of benzene rings is 2. The van der Waals surface area contributed by atoms with Gasteiger partial charge in [0.15, 0.2) is 0 Å². The molecule has 38 heavy (non-hydrogen) atoms. The Kier molecular flexibility index (Phi) is 9.80. The monoisotopic (exact) mass is 525 g/mol. The van der Waals surface area contributed by atoms with Crippen LogP contribution in [0, 0.1) is 17.0 Å². The minimum atomic E-state index is -0.534. The number of nitrogens with zero attached hydrogens (tertiary/aromatic N) is 2. The summed E-state index contributed by atoms with van der Waals surface area (Å²) in [6, 6.07) is 14.6. The van der Waals surface area contributed by atoms with Gasteiger partial charge in [0.1, 0.15) is 11.6 Å². The first kappa shape index (κ1) is 29.0. The average Bonchev–Trinajstić information content (AvgIpc) is 3.28. The third kappa shape index (κ3) is 7.28. The van der Waals surface area contributed by atoms with E-state index in [-0.39, 0.29) is 24.3 Å². The lowest BCUT2D eigenvalue weighted by Gasteiger charge is -2.41. The molecule has 0 spiro atoms. The normalized spacial score (nSPS) is 12.3. The maximum atomic E-state index is 14.8. The van der Waals surface area contributed by atoms with Crippen LogP contribution in [0.15, 0.2) is 60.8 Å². The maximum absolute atomic E-state index is 14.8. The van der Waals surface area contributed by atoms with Crippen molar-refractivity contribution in [3.63, 3.8) is 0 Å². The van der Waals surface area contributed by atoms with Crippen molar-refractivity contribution >= 4 is 11.9 Å². The zero-order chi connectivity index (χ0) is 27.9. The highest BCUT2D eigenvalue weighted by Crippen LogP contribution is 2.41. The molecule has 0 aliphatic carbocycles. The topological polar surface area (TPSA) is 77.6 Å². The molecule has 0 fully saturated rings. The quantitative estimate of drug-likeness (QED) is 0.326. The average molecular weight is 526 g/mol. The molecule has 0 bridgehead atoms. The summed E-state index contributed by atoms with van der Waals surface area (Å²) < 4.78 is 35.7. The van der Waals surface area contributed by atoms with Crippen molar-refractivity contribution in [2.45, 2.75) is 52.6 Å². The minimum Gasteiger partial charge on any atom is -0.469 e. The third-order valence-electron chi connectivity index (χ3n) is 6.47. The molecule has 3 aromatic rings. The molecule has 6 nitrogen and oxygen atoms in total. The Morgan fingerprint density at radius 3 is 2.39 bits per heavy atom. The van der Waals surface area contributed by atoms with Crippen molar-refractivity contribution < 1.29 is 23.1 Å². The van der Waals surface area contributed by atoms with Gasteiger partial charge >= 0.3 is 5.97 Å². The van der Waals surface area contributed by atoms with E-state index in [2.05, 4.69) is 0 Å². The molecule has 0 unspecified atom stereocenters. The molecule has 204 valence electrons. The smallest absolute Gasteiger partial charge is 0.306 e. The van der Waals surface area contributed by atoms with E-state index in [1.165, 1.54) is 13.2 Å². The van der Waals surface area contributed by atoms with Gasteiger partial charge in [-0.3, -0.25) is 9.59 Å². The largest absolute Gasteiger partial charge is 0.469 e. The van der Waals surface area contributed by atoms with Gasteiger partial charge in [0.05, 0.1) is 19.6 Å². The van der Waals surface area contributed by atoms with Crippen LogP contribution >= 0.6 is 0 Å². The summed E-state index contributed by atoms with van der Waals surface area (Å²) in [6.45, 7) is 7.34. The summed E-state index contributed by atoms with van der Waals surface area (Å²) in [4.78, 5) is 27.1. The Labute approximate surface area is 223 Å². The molecule has 1 amide bonds. The van der Waals surface area contributed by atoms with E-state index in [0.29, 0.717) is 31.6 Å². The van der Waals surface area contributed by atoms with Crippen LogP contribution in [-0.2, 0) is 20.9 Å². The zero-order valence-electron chi connectivity index (χ0n) is 22.5. The van der Waals surface area contributed by atoms with Crippen LogP contribution in [0.3, 0.4) is 0 Å². The van der Waals surface area contributed by atoms with Crippen molar-refractivity contribution in [3.8, 4) is 11.1 Å². The fraction of sp³-hybridized carbons (Fsp3) is 0.400. The van der Waals surface area contributed by atoms with Gasteiger partial charge in [-0.25, -0.2) is 8.78 Å². The van der Waals surface area contributed by atoms with Crippen molar-refractivity contribution in [2.24, 2.45) is 11.1 Å². The van der Waals surface area contributed by atoms with Crippen LogP contribution in [0.25, 0.3) is 11.1 Å². The number of nitrogens with two attached hydrogens (primary N) is 1. The number of esters is 1. The predicted octanol–water partition coefficient (Wildman–Crippen LogP) is 5.70. The number of aromatic nitrogens is 1. The Morgan fingerprint density at radius 2 is 1.76 bits per heavy atom. The number of amides is 1. The minimum absolute atomic E-state index is 0.00536. The summed E-state index contributed by atoms with van der Waals surface area (Å²) in [5.74, 6) is -1.72. The lowest BCUT2D eigenvalue weighted by atomic mass is 9.82. The number of carbonyl (C=O) groups excluding carboxylic acids is 2. The molecule has 2 aromatic carbocycles. The van der Waals surface area contributed by atoms with Crippen LogP contribution < -0.4 is 5.73 Å². The summed E-state index contributed by atoms with van der Waals surface area (Å²) in [6.07, 6.45) is 2.34. The fourth-order valence-electron chi connectivity index (χ4n) is 4.73. The first-order valence-corrected chi connectivity index (χ1v) is 12.8. The van der Waals surface area contributed by atoms with Gasteiger partial charge in [-0.05, 0) is 48.2 Å². The van der Waals surface area contributed by atoms with E-state index in [4.69, 9.17) is 10.5 Å². The van der Waals surface area contributed by atoms with Crippen LogP contribution in [0.5, 0.6) is 0 Å². The number of ether oxygens (including phenoxy) is 1. The first-order chi connectivity index (χ1) is 18.0. The Hall–Kier alpha value is -3.52. The molecule has 1 aromatic heterocycles. The standard InChI is InChI=1S/C30H37F2N3O3/c1-30(2,3)29(35(16-8-15-33)27(36)13-14-28(37)38-4)26-17-22(24-18-23(31)11-12-25(24)32)20-34(26)19-21-9-6-5-7-10-21/h5-7,9-12,17-18,20,29H,8,13-16,19,33H2,1-4H3/t29-/m0/s1. The lowest BCUT2D eigenvalue weighted by molar-refractivity contribution is -0.145. The lowest BCUT2D eigenvalue weighted by Crippen LogP contribution is -2.43. The second-order valence-electron chi connectivity index (χ2n) is 10.5. The highest BCUT2D eigenvalue weighted by molar-refractivity contribution is 5.82. The van der Waals surface area contributed by atoms with E-state index in [0.717, 1.165) is 23.4 Å². The van der Waals surface area contributed by atoms with Gasteiger partial charge < -0.3 is 19.9 Å². The molecule has 2 N–H and O–H groups in total. The van der Waals surface area contributed by atoms with E-state index < -0.39 is 29.1 Å². The Balaban J connectivity index is 2.16. The molecule has 0 radical (unpaired) electrons. The highest BCUT2D eigenvalue weighted by Gasteiger charge is 2.37. The highest BCUT2D eigenvalue weighted by atomic mass is 19.1. The fourth-order valence-corrected chi connectivity index (χ4v) is 4.73. The van der Waals surface area contributed by atoms with Gasteiger partial charge in [0.25, 0.3) is 0 Å². The Bertz CT molecular complexity index is 1240. The maximum Gasteiger partial charge on any atom is 0.306 e. The van der Waals surface area contributed by atoms with Crippen molar-refractivity contribution in [2.75, 3.05) is 20.2 Å². The molecule has 0 saturated carbocycles. The van der Waals surface area contributed by atoms with Crippen molar-refractivity contribution in [1.82, 2.24) is 9.47 Å². The summed E-state index contributed by atoms with van der Waals surface area (Å²) in [5.41, 5.74) is 7.84. The van der Waals surface area contributed by atoms with E-state index in [1.807, 2.05) is 61.7 Å². The number of rotatable bonds is 11. The van der Waals surface area contributed by atoms with Crippen LogP contribution in [0.1, 0.15) is 57.3 Å². The van der Waals surface area contributed by atoms with Crippen LogP contribution in [0.4, 0.5) is 8.78 Å². The summed E-state index contributed by atoms with van der Waals surface area (Å²) in [7, 11) is 1.29. The predicted molar refractivity (Wildman–Crippen MR) is 144 cm³/mol. The Morgan fingerprint density at radius 1 is 1.05 bits per heavy atom. The first-order valence-electron chi connectivity index (χ1n) is 12.8. The molecule has 1 heterocycles. The van der Waals surface area contributed by atoms with Crippen LogP contribution in [0.2, 0.25) is 0 Å². The van der Waals surface area contributed by atoms with E-state index in [9.17, 15) is 18.4 Å². The van der Waals surface area contributed by atoms with Gasteiger partial charge in [-0.1, -0.05) is 51.1 Å². The second-order valence-corrected chi connectivity index (χ2v) is 10.5. The molecular formula is C30H37F2N3O3. The number of methoxy groups -OCH3 is 1. The zero-order valence-corrected chi connectivity index (χ0v) is 22.5. The van der Waals surface area contributed by atoms with Crippen molar-refractivity contribution in [3.05, 3.63) is 83.7 Å². The van der Waals surface area contributed by atoms with Gasteiger partial charge in [-0.2, -0.15) is 0 Å². The number of carbonyl (C=O) groups is 2. The second kappa shape index (κ2) is 12.8. The number of halogens is 2. The number of hydrogen-bond donors (Lipinski definition) is 1. The molecule has 8 heteroatoms. The van der Waals surface area contributed by atoms with Gasteiger partial charge in [-0.15, -0.1) is 0 Å². The SMILES string of the molecule is COC(=O)CCC(=O)N(CCCN)[C@@H](c1cc(-c2cc(F)ccc2F)cn1Cc1ccccc1)C(C)(C)C. The van der Waals surface area contributed by atoms with Gasteiger partial charge in [0, 0.05) is 42.5 Å². The third-order valence-corrected chi connectivity index (χ3v) is 6.47. The van der Waals surface area contributed by atoms with Gasteiger partial charge in [0.2, 0.25) is 5.91 Å². The molecule has 0 aliphatic heterocycles.